The summed E-state index contributed by atoms with van der Waals surface area (Å²) in [5.41, 5.74) is 6.73. The molecule has 0 bridgehead atoms. The molecule has 0 radical (unpaired) electrons. The minimum absolute atomic E-state index is 0.0582. The number of carbonyl (C=O) groups is 1. The average Bonchev–Trinajstić information content (AvgIpc) is 2.42. The molecule has 1 aliphatic rings. The zero-order chi connectivity index (χ0) is 14.8. The van der Waals surface area contributed by atoms with Gasteiger partial charge in [0.2, 0.25) is 5.91 Å². The molecule has 1 aromatic rings. The van der Waals surface area contributed by atoms with Crippen LogP contribution in [-0.2, 0) is 14.6 Å². The van der Waals surface area contributed by atoms with Gasteiger partial charge in [-0.05, 0) is 43.9 Å². The quantitative estimate of drug-likeness (QED) is 0.854. The van der Waals surface area contributed by atoms with Crippen LogP contribution >= 0.6 is 0 Å². The van der Waals surface area contributed by atoms with E-state index >= 15 is 0 Å². The fraction of sp³-hybridized carbons (Fsp3) is 0.500. The molecular weight excluding hydrogens is 276 g/mol. The normalized spacial score (nSPS) is 16.1. The number of rotatable bonds is 3. The Balaban J connectivity index is 2.18. The van der Waals surface area contributed by atoms with Crippen LogP contribution in [0, 0.1) is 6.92 Å². The predicted molar refractivity (Wildman–Crippen MR) is 78.1 cm³/mol. The van der Waals surface area contributed by atoms with Crippen molar-refractivity contribution in [2.45, 2.75) is 31.1 Å². The molecule has 1 aliphatic heterocycles. The zero-order valence-corrected chi connectivity index (χ0v) is 12.4. The van der Waals surface area contributed by atoms with Crippen LogP contribution in [0.15, 0.2) is 23.1 Å². The molecule has 1 fully saturated rings. The van der Waals surface area contributed by atoms with Crippen molar-refractivity contribution in [3.8, 4) is 0 Å². The summed E-state index contributed by atoms with van der Waals surface area (Å²) in [6, 6.07) is 4.84. The van der Waals surface area contributed by atoms with Crippen molar-refractivity contribution < 1.29 is 13.2 Å². The van der Waals surface area contributed by atoms with Crippen LogP contribution in [0.2, 0.25) is 0 Å². The van der Waals surface area contributed by atoms with Gasteiger partial charge in [-0.3, -0.25) is 4.79 Å². The molecule has 0 unspecified atom stereocenters. The fourth-order valence-electron chi connectivity index (χ4n) is 2.39. The standard InChI is InChI=1S/C14H20N2O3S/c1-11-5-6-12(15)13(9-11)20(18,19)10-14(17)16-7-3-2-4-8-16/h5-6,9H,2-4,7-8,10,15H2,1H3. The number of piperidine rings is 1. The monoisotopic (exact) mass is 296 g/mol. The van der Waals surface area contributed by atoms with Gasteiger partial charge in [-0.25, -0.2) is 8.42 Å². The van der Waals surface area contributed by atoms with Crippen molar-refractivity contribution in [3.05, 3.63) is 23.8 Å². The van der Waals surface area contributed by atoms with Gasteiger partial charge in [-0.1, -0.05) is 6.07 Å². The number of sulfone groups is 1. The van der Waals surface area contributed by atoms with E-state index in [9.17, 15) is 13.2 Å². The Morgan fingerprint density at radius 3 is 2.55 bits per heavy atom. The number of amides is 1. The van der Waals surface area contributed by atoms with Crippen LogP contribution in [-0.4, -0.2) is 38.1 Å². The molecule has 0 saturated carbocycles. The van der Waals surface area contributed by atoms with Gasteiger partial charge in [0, 0.05) is 13.1 Å². The van der Waals surface area contributed by atoms with Crippen molar-refractivity contribution in [2.24, 2.45) is 0 Å². The largest absolute Gasteiger partial charge is 0.398 e. The van der Waals surface area contributed by atoms with Gasteiger partial charge in [0.15, 0.2) is 9.84 Å². The topological polar surface area (TPSA) is 80.5 Å². The number of nitrogens with zero attached hydrogens (tertiary/aromatic N) is 1. The van der Waals surface area contributed by atoms with Gasteiger partial charge >= 0.3 is 0 Å². The maximum atomic E-state index is 12.3. The second kappa shape index (κ2) is 5.83. The third kappa shape index (κ3) is 3.30. The van der Waals surface area contributed by atoms with Crippen LogP contribution in [0.4, 0.5) is 5.69 Å². The summed E-state index contributed by atoms with van der Waals surface area (Å²) in [7, 11) is -3.68. The molecule has 1 heterocycles. The van der Waals surface area contributed by atoms with Crippen molar-refractivity contribution in [2.75, 3.05) is 24.6 Å². The van der Waals surface area contributed by atoms with E-state index in [0.717, 1.165) is 24.8 Å². The number of aryl methyl sites for hydroxylation is 1. The summed E-state index contributed by atoms with van der Waals surface area (Å²) >= 11 is 0. The van der Waals surface area contributed by atoms with E-state index in [-0.39, 0.29) is 16.5 Å². The number of anilines is 1. The molecule has 1 amide bonds. The Morgan fingerprint density at radius 1 is 1.25 bits per heavy atom. The van der Waals surface area contributed by atoms with Crippen LogP contribution < -0.4 is 5.73 Å². The van der Waals surface area contributed by atoms with Gasteiger partial charge in [0.25, 0.3) is 0 Å². The molecule has 5 nitrogen and oxygen atoms in total. The minimum Gasteiger partial charge on any atom is -0.398 e. The lowest BCUT2D eigenvalue weighted by molar-refractivity contribution is -0.129. The summed E-state index contributed by atoms with van der Waals surface area (Å²) in [5.74, 6) is -0.827. The molecule has 0 aliphatic carbocycles. The highest BCUT2D eigenvalue weighted by Crippen LogP contribution is 2.21. The molecule has 1 saturated heterocycles. The van der Waals surface area contributed by atoms with Crippen LogP contribution in [0.1, 0.15) is 24.8 Å². The van der Waals surface area contributed by atoms with E-state index in [1.54, 1.807) is 24.0 Å². The maximum Gasteiger partial charge on any atom is 0.238 e. The molecule has 0 aromatic heterocycles. The Labute approximate surface area is 119 Å². The van der Waals surface area contributed by atoms with Crippen molar-refractivity contribution in [3.63, 3.8) is 0 Å². The lowest BCUT2D eigenvalue weighted by Gasteiger charge is -2.26. The van der Waals surface area contributed by atoms with Gasteiger partial charge in [-0.2, -0.15) is 0 Å². The van der Waals surface area contributed by atoms with Gasteiger partial charge in [0.1, 0.15) is 5.75 Å². The number of carbonyl (C=O) groups excluding carboxylic acids is 1. The van der Waals surface area contributed by atoms with E-state index < -0.39 is 15.6 Å². The molecule has 110 valence electrons. The Morgan fingerprint density at radius 2 is 1.90 bits per heavy atom. The van der Waals surface area contributed by atoms with Crippen LogP contribution in [0.3, 0.4) is 0 Å². The van der Waals surface area contributed by atoms with E-state index in [1.165, 1.54) is 6.07 Å². The van der Waals surface area contributed by atoms with E-state index in [0.29, 0.717) is 13.1 Å². The van der Waals surface area contributed by atoms with E-state index in [2.05, 4.69) is 0 Å². The van der Waals surface area contributed by atoms with Crippen molar-refractivity contribution in [1.29, 1.82) is 0 Å². The molecule has 2 rings (SSSR count). The van der Waals surface area contributed by atoms with Crippen molar-refractivity contribution in [1.82, 2.24) is 4.90 Å². The number of benzene rings is 1. The third-order valence-corrected chi connectivity index (χ3v) is 5.18. The van der Waals surface area contributed by atoms with Gasteiger partial charge in [0.05, 0.1) is 10.6 Å². The zero-order valence-electron chi connectivity index (χ0n) is 11.6. The fourth-order valence-corrected chi connectivity index (χ4v) is 3.84. The van der Waals surface area contributed by atoms with E-state index in [1.807, 2.05) is 0 Å². The van der Waals surface area contributed by atoms with Crippen LogP contribution in [0.25, 0.3) is 0 Å². The number of nitrogens with two attached hydrogens (primary N) is 1. The first kappa shape index (κ1) is 14.8. The van der Waals surface area contributed by atoms with E-state index in [4.69, 9.17) is 5.73 Å². The summed E-state index contributed by atoms with van der Waals surface area (Å²) in [6.07, 6.45) is 2.98. The lowest BCUT2D eigenvalue weighted by atomic mass is 10.1. The Kier molecular flexibility index (Phi) is 4.32. The molecule has 20 heavy (non-hydrogen) atoms. The van der Waals surface area contributed by atoms with Crippen LogP contribution in [0.5, 0.6) is 0 Å². The third-order valence-electron chi connectivity index (χ3n) is 3.53. The first-order valence-corrected chi connectivity index (χ1v) is 8.42. The van der Waals surface area contributed by atoms with Gasteiger partial charge < -0.3 is 10.6 Å². The highest BCUT2D eigenvalue weighted by molar-refractivity contribution is 7.92. The number of hydrogen-bond donors (Lipinski definition) is 1. The smallest absolute Gasteiger partial charge is 0.238 e. The first-order valence-electron chi connectivity index (χ1n) is 6.77. The predicted octanol–water partition coefficient (Wildman–Crippen LogP) is 1.36. The second-order valence-corrected chi connectivity index (χ2v) is 7.20. The number of nitrogen functional groups attached to an aromatic ring is 1. The molecule has 0 atom stereocenters. The first-order chi connectivity index (χ1) is 9.40. The molecule has 1 aromatic carbocycles. The average molecular weight is 296 g/mol. The molecule has 0 spiro atoms. The van der Waals surface area contributed by atoms with Gasteiger partial charge in [-0.15, -0.1) is 0 Å². The summed E-state index contributed by atoms with van der Waals surface area (Å²) in [4.78, 5) is 13.8. The number of hydrogen-bond acceptors (Lipinski definition) is 4. The summed E-state index contributed by atoms with van der Waals surface area (Å²) < 4.78 is 24.7. The SMILES string of the molecule is Cc1ccc(N)c(S(=O)(=O)CC(=O)N2CCCCC2)c1. The second-order valence-electron chi connectivity index (χ2n) is 5.24. The van der Waals surface area contributed by atoms with Crippen molar-refractivity contribution >= 4 is 21.4 Å². The molecule has 2 N–H and O–H groups in total. The minimum atomic E-state index is -3.68. The Hall–Kier alpha value is -1.56. The maximum absolute atomic E-state index is 12.3. The molecule has 6 heteroatoms. The number of likely N-dealkylation sites (tertiary alicyclic amines) is 1. The lowest BCUT2D eigenvalue weighted by Crippen LogP contribution is -2.39. The Bertz CT molecular complexity index is 605. The highest BCUT2D eigenvalue weighted by Gasteiger charge is 2.26. The summed E-state index contributed by atoms with van der Waals surface area (Å²) in [6.45, 7) is 3.10. The summed E-state index contributed by atoms with van der Waals surface area (Å²) in [5, 5.41) is 0. The highest BCUT2D eigenvalue weighted by atomic mass is 32.2. The molecular formula is C14H20N2O3S.